The first-order chi connectivity index (χ1) is 14.5. The Morgan fingerprint density at radius 1 is 1.00 bits per heavy atom. The summed E-state index contributed by atoms with van der Waals surface area (Å²) in [5, 5.41) is 4.23. The molecule has 1 amide bonds. The van der Waals surface area contributed by atoms with Crippen molar-refractivity contribution in [2.75, 3.05) is 13.1 Å². The number of aromatic nitrogens is 3. The van der Waals surface area contributed by atoms with E-state index in [4.69, 9.17) is 0 Å². The van der Waals surface area contributed by atoms with Crippen LogP contribution < -0.4 is 11.2 Å². The molecule has 30 heavy (non-hydrogen) atoms. The lowest BCUT2D eigenvalue weighted by Gasteiger charge is -2.17. The van der Waals surface area contributed by atoms with Gasteiger partial charge in [0.25, 0.3) is 11.5 Å². The molecule has 0 radical (unpaired) electrons. The smallest absolute Gasteiger partial charge is 0.337 e. The molecule has 2 aromatic carbocycles. The Morgan fingerprint density at radius 2 is 1.73 bits per heavy atom. The van der Waals surface area contributed by atoms with Gasteiger partial charge < -0.3 is 4.90 Å². The third-order valence-corrected chi connectivity index (χ3v) is 5.49. The molecule has 3 aromatic rings. The van der Waals surface area contributed by atoms with Crippen LogP contribution in [0.1, 0.15) is 40.0 Å². The fourth-order valence-electron chi connectivity index (χ4n) is 3.74. The second-order valence-corrected chi connectivity index (χ2v) is 7.70. The summed E-state index contributed by atoms with van der Waals surface area (Å²) in [7, 11) is 0. The predicted octanol–water partition coefficient (Wildman–Crippen LogP) is 2.30. The maximum absolute atomic E-state index is 13.3. The lowest BCUT2D eigenvalue weighted by atomic mass is 10.1. The van der Waals surface area contributed by atoms with E-state index >= 15 is 0 Å². The van der Waals surface area contributed by atoms with Crippen molar-refractivity contribution < 1.29 is 4.79 Å². The van der Waals surface area contributed by atoms with Crippen molar-refractivity contribution in [2.24, 2.45) is 0 Å². The fourth-order valence-corrected chi connectivity index (χ4v) is 3.74. The highest BCUT2D eigenvalue weighted by atomic mass is 16.2. The number of likely N-dealkylation sites (tertiary alicyclic amines) is 1. The molecule has 1 saturated heterocycles. The van der Waals surface area contributed by atoms with Gasteiger partial charge in [0.05, 0.1) is 12.2 Å². The highest BCUT2D eigenvalue weighted by molar-refractivity contribution is 5.92. The summed E-state index contributed by atoms with van der Waals surface area (Å²) in [6.07, 6.45) is 1.81. The van der Waals surface area contributed by atoms with Gasteiger partial charge in [0.2, 0.25) is 5.69 Å². The zero-order chi connectivity index (χ0) is 21.3. The highest BCUT2D eigenvalue weighted by Crippen LogP contribution is 2.12. The Balaban J connectivity index is 1.91. The largest absolute Gasteiger partial charge is 0.352 e. The summed E-state index contributed by atoms with van der Waals surface area (Å²) in [4.78, 5) is 41.1. The van der Waals surface area contributed by atoms with E-state index in [0.29, 0.717) is 18.8 Å². The van der Waals surface area contributed by atoms with Gasteiger partial charge in [0, 0.05) is 13.1 Å². The zero-order valence-electron chi connectivity index (χ0n) is 17.2. The number of benzene rings is 2. The van der Waals surface area contributed by atoms with E-state index in [1.807, 2.05) is 50.2 Å². The summed E-state index contributed by atoms with van der Waals surface area (Å²) >= 11 is 0. The minimum atomic E-state index is -0.649. The monoisotopic (exact) mass is 404 g/mol. The Bertz CT molecular complexity index is 1220. The molecule has 4 rings (SSSR count). The van der Waals surface area contributed by atoms with Gasteiger partial charge in [0.1, 0.15) is 0 Å². The van der Waals surface area contributed by atoms with Crippen LogP contribution in [0.25, 0.3) is 5.69 Å². The van der Waals surface area contributed by atoms with E-state index in [-0.39, 0.29) is 12.2 Å². The molecule has 1 aliphatic heterocycles. The van der Waals surface area contributed by atoms with Crippen molar-refractivity contribution >= 4 is 5.91 Å². The van der Waals surface area contributed by atoms with Crippen LogP contribution in [0.4, 0.5) is 0 Å². The molecule has 1 aromatic heterocycles. The first-order valence-corrected chi connectivity index (χ1v) is 10.1. The van der Waals surface area contributed by atoms with E-state index in [0.717, 1.165) is 38.8 Å². The molecule has 0 saturated carbocycles. The highest BCUT2D eigenvalue weighted by Gasteiger charge is 2.26. The molecule has 0 aliphatic carbocycles. The third-order valence-electron chi connectivity index (χ3n) is 5.49. The number of carbonyl (C=O) groups excluding carboxylic acids is 1. The maximum Gasteiger partial charge on any atom is 0.352 e. The Morgan fingerprint density at radius 3 is 2.43 bits per heavy atom. The van der Waals surface area contributed by atoms with Crippen LogP contribution in [0, 0.1) is 13.8 Å². The lowest BCUT2D eigenvalue weighted by molar-refractivity contribution is 0.0781. The molecule has 1 aliphatic rings. The topological polar surface area (TPSA) is 77.2 Å². The Labute approximate surface area is 174 Å². The summed E-state index contributed by atoms with van der Waals surface area (Å²) in [6.45, 7) is 5.12. The van der Waals surface area contributed by atoms with Crippen molar-refractivity contribution in [1.82, 2.24) is 19.2 Å². The molecule has 0 unspecified atom stereocenters. The minimum Gasteiger partial charge on any atom is -0.337 e. The first-order valence-electron chi connectivity index (χ1n) is 10.1. The second-order valence-electron chi connectivity index (χ2n) is 7.70. The minimum absolute atomic E-state index is 0.0823. The van der Waals surface area contributed by atoms with Gasteiger partial charge in [-0.25, -0.2) is 4.79 Å². The standard InChI is InChI=1S/C23H24N4O3/c1-16-8-7-11-19(14-16)27-23(30)26(15-18-10-4-3-9-17(18)2)22(29)20(24-27)21(28)25-12-5-6-13-25/h3-4,7-11,14H,5-6,12-13,15H2,1-2H3. The molecule has 1 fully saturated rings. The number of hydrogen-bond donors (Lipinski definition) is 0. The first kappa shape index (κ1) is 19.8. The summed E-state index contributed by atoms with van der Waals surface area (Å²) in [6, 6.07) is 14.9. The van der Waals surface area contributed by atoms with Gasteiger partial charge in [-0.2, -0.15) is 9.78 Å². The van der Waals surface area contributed by atoms with Crippen molar-refractivity contribution in [3.05, 3.63) is 91.8 Å². The lowest BCUT2D eigenvalue weighted by Crippen LogP contribution is -2.46. The number of aryl methyl sites for hydroxylation is 2. The molecule has 7 heteroatoms. The quantitative estimate of drug-likeness (QED) is 0.669. The van der Waals surface area contributed by atoms with E-state index in [1.54, 1.807) is 17.0 Å². The Kier molecular flexibility index (Phi) is 5.35. The zero-order valence-corrected chi connectivity index (χ0v) is 17.2. The van der Waals surface area contributed by atoms with Gasteiger partial charge in [-0.3, -0.25) is 14.2 Å². The molecule has 0 N–H and O–H groups in total. The van der Waals surface area contributed by atoms with E-state index in [2.05, 4.69) is 5.10 Å². The molecule has 0 spiro atoms. The van der Waals surface area contributed by atoms with Crippen LogP contribution in [0.5, 0.6) is 0 Å². The van der Waals surface area contributed by atoms with Crippen LogP contribution in [0.3, 0.4) is 0 Å². The van der Waals surface area contributed by atoms with E-state index < -0.39 is 17.2 Å². The summed E-state index contributed by atoms with van der Waals surface area (Å²) in [5.41, 5.74) is 1.86. The van der Waals surface area contributed by atoms with Gasteiger partial charge in [-0.15, -0.1) is 0 Å². The van der Waals surface area contributed by atoms with E-state index in [1.165, 1.54) is 0 Å². The predicted molar refractivity (Wildman–Crippen MR) is 114 cm³/mol. The SMILES string of the molecule is Cc1cccc(-n2nc(C(=O)N3CCCC3)c(=O)n(Cc3ccccc3C)c2=O)c1. The van der Waals surface area contributed by atoms with Crippen LogP contribution in [0.2, 0.25) is 0 Å². The van der Waals surface area contributed by atoms with Crippen LogP contribution >= 0.6 is 0 Å². The Hall–Kier alpha value is -3.48. The van der Waals surface area contributed by atoms with Gasteiger partial charge in [-0.05, 0) is 55.5 Å². The molecule has 0 bridgehead atoms. The number of hydrogen-bond acceptors (Lipinski definition) is 4. The molecule has 0 atom stereocenters. The molecular formula is C23H24N4O3. The molecular weight excluding hydrogens is 380 g/mol. The number of rotatable bonds is 4. The number of carbonyl (C=O) groups is 1. The fraction of sp³-hybridized carbons (Fsp3) is 0.304. The van der Waals surface area contributed by atoms with Crippen molar-refractivity contribution in [3.63, 3.8) is 0 Å². The summed E-state index contributed by atoms with van der Waals surface area (Å²) < 4.78 is 2.27. The van der Waals surface area contributed by atoms with Crippen molar-refractivity contribution in [3.8, 4) is 5.69 Å². The second kappa shape index (κ2) is 8.10. The average Bonchev–Trinajstić information content (AvgIpc) is 3.27. The van der Waals surface area contributed by atoms with Gasteiger partial charge in [-0.1, -0.05) is 36.4 Å². The summed E-state index contributed by atoms with van der Waals surface area (Å²) in [5.74, 6) is -0.419. The maximum atomic E-state index is 13.3. The van der Waals surface area contributed by atoms with Crippen molar-refractivity contribution in [2.45, 2.75) is 33.2 Å². The normalized spacial score (nSPS) is 13.6. The van der Waals surface area contributed by atoms with Crippen molar-refractivity contribution in [1.29, 1.82) is 0 Å². The molecule has 7 nitrogen and oxygen atoms in total. The van der Waals surface area contributed by atoms with Crippen LogP contribution in [0.15, 0.2) is 58.1 Å². The third kappa shape index (κ3) is 3.70. The van der Waals surface area contributed by atoms with E-state index in [9.17, 15) is 14.4 Å². The van der Waals surface area contributed by atoms with Crippen LogP contribution in [-0.2, 0) is 6.54 Å². The van der Waals surface area contributed by atoms with Gasteiger partial charge >= 0.3 is 5.69 Å². The van der Waals surface area contributed by atoms with Gasteiger partial charge in [0.15, 0.2) is 0 Å². The number of amides is 1. The average molecular weight is 404 g/mol. The van der Waals surface area contributed by atoms with Crippen LogP contribution in [-0.4, -0.2) is 38.2 Å². The molecule has 2 heterocycles. The molecule has 154 valence electrons. The number of nitrogens with zero attached hydrogens (tertiary/aromatic N) is 4.